The third-order valence-corrected chi connectivity index (χ3v) is 5.37. The molecule has 2 amide bonds. The van der Waals surface area contributed by atoms with Crippen LogP contribution in [0.25, 0.3) is 5.69 Å². The number of aromatic nitrogens is 4. The maximum Gasteiger partial charge on any atom is 0.267 e. The Morgan fingerprint density at radius 2 is 1.71 bits per heavy atom. The fourth-order valence-corrected chi connectivity index (χ4v) is 3.72. The number of carbonyl (C=O) groups is 2. The van der Waals surface area contributed by atoms with E-state index in [0.29, 0.717) is 48.9 Å². The van der Waals surface area contributed by atoms with Crippen molar-refractivity contribution in [3.05, 3.63) is 60.4 Å². The van der Waals surface area contributed by atoms with Crippen molar-refractivity contribution in [1.82, 2.24) is 30.0 Å². The fraction of sp³-hybridized carbons (Fsp3) is 0.286. The number of fused-ring (bicyclic) bond motifs is 1. The van der Waals surface area contributed by atoms with Crippen LogP contribution in [0.1, 0.15) is 10.4 Å². The third kappa shape index (κ3) is 3.79. The predicted molar refractivity (Wildman–Crippen MR) is 108 cm³/mol. The van der Waals surface area contributed by atoms with Crippen LogP contribution in [0.2, 0.25) is 0 Å². The van der Waals surface area contributed by atoms with Gasteiger partial charge in [-0.25, -0.2) is 4.68 Å². The molecule has 10 heteroatoms. The van der Waals surface area contributed by atoms with Gasteiger partial charge in [-0.3, -0.25) is 9.59 Å². The average molecular weight is 420 g/mol. The molecule has 2 aromatic carbocycles. The highest BCUT2D eigenvalue weighted by molar-refractivity contribution is 5.95. The van der Waals surface area contributed by atoms with Crippen LogP contribution >= 0.6 is 0 Å². The van der Waals surface area contributed by atoms with Gasteiger partial charge in [-0.15, -0.1) is 5.10 Å². The molecule has 3 aromatic rings. The fourth-order valence-electron chi connectivity index (χ4n) is 3.72. The lowest BCUT2D eigenvalue weighted by atomic mass is 10.1. The first-order valence-electron chi connectivity index (χ1n) is 9.99. The summed E-state index contributed by atoms with van der Waals surface area (Å²) in [6.45, 7) is 1.96. The first kappa shape index (κ1) is 19.0. The predicted octanol–water partition coefficient (Wildman–Crippen LogP) is 0.787. The van der Waals surface area contributed by atoms with Crippen LogP contribution in [-0.2, 0) is 4.79 Å². The van der Waals surface area contributed by atoms with E-state index in [1.807, 2.05) is 24.3 Å². The number of rotatable bonds is 3. The third-order valence-electron chi connectivity index (χ3n) is 5.37. The van der Waals surface area contributed by atoms with Gasteiger partial charge in [0.25, 0.3) is 11.8 Å². The van der Waals surface area contributed by atoms with Crippen LogP contribution in [0.5, 0.6) is 11.5 Å². The molecular weight excluding hydrogens is 400 g/mol. The topological polar surface area (TPSA) is 103 Å². The minimum atomic E-state index is -0.676. The van der Waals surface area contributed by atoms with E-state index in [4.69, 9.17) is 9.47 Å². The summed E-state index contributed by atoms with van der Waals surface area (Å²) in [5.41, 5.74) is 1.26. The van der Waals surface area contributed by atoms with Crippen LogP contribution in [0.15, 0.2) is 54.9 Å². The highest BCUT2D eigenvalue weighted by atomic mass is 16.6. The van der Waals surface area contributed by atoms with Crippen molar-refractivity contribution in [1.29, 1.82) is 0 Å². The molecule has 1 fully saturated rings. The summed E-state index contributed by atoms with van der Waals surface area (Å²) in [7, 11) is 0. The lowest BCUT2D eigenvalue weighted by Crippen LogP contribution is -2.55. The maximum absolute atomic E-state index is 13.0. The minimum absolute atomic E-state index is 0.0896. The van der Waals surface area contributed by atoms with Crippen LogP contribution in [0.4, 0.5) is 0 Å². The van der Waals surface area contributed by atoms with Gasteiger partial charge in [0.15, 0.2) is 11.5 Å². The maximum atomic E-state index is 13.0. The molecule has 0 radical (unpaired) electrons. The van der Waals surface area contributed by atoms with Crippen LogP contribution < -0.4 is 9.47 Å². The molecule has 31 heavy (non-hydrogen) atoms. The van der Waals surface area contributed by atoms with E-state index < -0.39 is 6.10 Å². The molecule has 10 nitrogen and oxygen atoms in total. The quantitative estimate of drug-likeness (QED) is 0.617. The van der Waals surface area contributed by atoms with Gasteiger partial charge in [-0.2, -0.15) is 0 Å². The molecule has 1 atom stereocenters. The van der Waals surface area contributed by atoms with Gasteiger partial charge in [-0.05, 0) is 40.8 Å². The van der Waals surface area contributed by atoms with Gasteiger partial charge >= 0.3 is 0 Å². The number of piperazine rings is 1. The van der Waals surface area contributed by atoms with Crippen LogP contribution in [0.3, 0.4) is 0 Å². The Morgan fingerprint density at radius 1 is 0.935 bits per heavy atom. The summed E-state index contributed by atoms with van der Waals surface area (Å²) >= 11 is 0. The summed E-state index contributed by atoms with van der Waals surface area (Å²) in [5, 5.41) is 11.1. The number of hydrogen-bond donors (Lipinski definition) is 0. The number of carbonyl (C=O) groups excluding carboxylic acids is 2. The number of para-hydroxylation sites is 2. The second-order valence-corrected chi connectivity index (χ2v) is 7.29. The van der Waals surface area contributed by atoms with Gasteiger partial charge in [0.05, 0.1) is 5.69 Å². The van der Waals surface area contributed by atoms with Crippen molar-refractivity contribution in [2.24, 2.45) is 0 Å². The minimum Gasteiger partial charge on any atom is -0.485 e. The van der Waals surface area contributed by atoms with E-state index in [2.05, 4.69) is 15.5 Å². The second-order valence-electron chi connectivity index (χ2n) is 7.29. The summed E-state index contributed by atoms with van der Waals surface area (Å²) in [6, 6.07) is 14.4. The molecule has 0 aliphatic carbocycles. The highest BCUT2D eigenvalue weighted by Gasteiger charge is 2.33. The molecule has 3 heterocycles. The molecule has 1 unspecified atom stereocenters. The molecule has 0 bridgehead atoms. The Morgan fingerprint density at radius 3 is 2.48 bits per heavy atom. The standard InChI is InChI=1S/C21H20N6O4/c28-20(15-4-3-5-16(12-15)27-14-22-23-24-27)25-8-10-26(11-9-25)21(29)19-13-30-17-6-1-2-7-18(17)31-19/h1-7,12,14,19H,8-11,13H2. The highest BCUT2D eigenvalue weighted by Crippen LogP contribution is 2.31. The van der Waals surface area contributed by atoms with Crippen molar-refractivity contribution in [2.45, 2.75) is 6.10 Å². The van der Waals surface area contributed by atoms with Crippen LogP contribution in [-0.4, -0.2) is 80.7 Å². The summed E-state index contributed by atoms with van der Waals surface area (Å²) in [5.74, 6) is 1.00. The van der Waals surface area contributed by atoms with Gasteiger partial charge in [0.1, 0.15) is 12.9 Å². The van der Waals surface area contributed by atoms with E-state index in [-0.39, 0.29) is 18.4 Å². The number of nitrogens with zero attached hydrogens (tertiary/aromatic N) is 6. The number of hydrogen-bond acceptors (Lipinski definition) is 7. The molecule has 1 saturated heterocycles. The second kappa shape index (κ2) is 8.05. The van der Waals surface area contributed by atoms with E-state index >= 15 is 0 Å². The number of tetrazole rings is 1. The van der Waals surface area contributed by atoms with E-state index in [1.165, 1.54) is 11.0 Å². The Hall–Kier alpha value is -3.95. The summed E-state index contributed by atoms with van der Waals surface area (Å²) < 4.78 is 13.0. The van der Waals surface area contributed by atoms with E-state index in [9.17, 15) is 9.59 Å². The molecule has 0 N–H and O–H groups in total. The lowest BCUT2D eigenvalue weighted by Gasteiger charge is -2.37. The average Bonchev–Trinajstić information content (AvgIpc) is 3.38. The molecular formula is C21H20N6O4. The molecule has 5 rings (SSSR count). The smallest absolute Gasteiger partial charge is 0.267 e. The molecule has 158 valence electrons. The lowest BCUT2D eigenvalue weighted by molar-refractivity contribution is -0.142. The van der Waals surface area contributed by atoms with Gasteiger partial charge in [-0.1, -0.05) is 18.2 Å². The van der Waals surface area contributed by atoms with Crippen molar-refractivity contribution < 1.29 is 19.1 Å². The van der Waals surface area contributed by atoms with Crippen LogP contribution in [0, 0.1) is 0 Å². The molecule has 0 saturated carbocycles. The van der Waals surface area contributed by atoms with Gasteiger partial charge in [0.2, 0.25) is 6.10 Å². The zero-order valence-corrected chi connectivity index (χ0v) is 16.6. The zero-order chi connectivity index (χ0) is 21.2. The molecule has 2 aliphatic heterocycles. The molecule has 0 spiro atoms. The van der Waals surface area contributed by atoms with Crippen molar-refractivity contribution in [2.75, 3.05) is 32.8 Å². The van der Waals surface area contributed by atoms with Gasteiger partial charge < -0.3 is 19.3 Å². The SMILES string of the molecule is O=C(c1cccc(-n2cnnn2)c1)N1CCN(C(=O)C2COc3ccccc3O2)CC1. The first-order valence-corrected chi connectivity index (χ1v) is 9.99. The number of benzene rings is 2. The largest absolute Gasteiger partial charge is 0.485 e. The Labute approximate surface area is 178 Å². The van der Waals surface area contributed by atoms with E-state index in [1.54, 1.807) is 34.1 Å². The number of amides is 2. The van der Waals surface area contributed by atoms with Crippen molar-refractivity contribution >= 4 is 11.8 Å². The van der Waals surface area contributed by atoms with Gasteiger partial charge in [0, 0.05) is 31.7 Å². The monoisotopic (exact) mass is 420 g/mol. The van der Waals surface area contributed by atoms with Crippen molar-refractivity contribution in [3.63, 3.8) is 0 Å². The number of ether oxygens (including phenoxy) is 2. The summed E-state index contributed by atoms with van der Waals surface area (Å²) in [6.07, 6.45) is 0.800. The summed E-state index contributed by atoms with van der Waals surface area (Å²) in [4.78, 5) is 29.3. The Bertz CT molecular complexity index is 1090. The Kier molecular flexibility index (Phi) is 4.95. The zero-order valence-electron chi connectivity index (χ0n) is 16.6. The first-order chi connectivity index (χ1) is 15.2. The van der Waals surface area contributed by atoms with E-state index in [0.717, 1.165) is 0 Å². The van der Waals surface area contributed by atoms with Crippen molar-refractivity contribution in [3.8, 4) is 17.2 Å². The molecule has 2 aliphatic rings. The Balaban J connectivity index is 1.20. The molecule has 1 aromatic heterocycles. The normalized spacial score (nSPS) is 18.0.